The number of cyclic esters (lactones) is 1. The van der Waals surface area contributed by atoms with Crippen LogP contribution in [0.1, 0.15) is 39.6 Å². The number of likely N-dealkylation sites (N-methyl/N-ethyl adjacent to an activating group) is 1. The largest absolute Gasteiger partial charge is 0.496 e. The number of hydrogen-bond acceptors (Lipinski definition) is 7. The maximum absolute atomic E-state index is 13.8. The molecule has 10 heteroatoms. The van der Waals surface area contributed by atoms with Gasteiger partial charge in [0.1, 0.15) is 24.7 Å². The van der Waals surface area contributed by atoms with Crippen molar-refractivity contribution >= 4 is 23.3 Å². The summed E-state index contributed by atoms with van der Waals surface area (Å²) in [5.74, 6) is 0.941. The van der Waals surface area contributed by atoms with Gasteiger partial charge >= 0.3 is 6.09 Å². The summed E-state index contributed by atoms with van der Waals surface area (Å²) in [7, 11) is 1.62. The van der Waals surface area contributed by atoms with Crippen LogP contribution in [0.15, 0.2) is 29.0 Å². The number of aromatic nitrogens is 2. The molecule has 0 N–H and O–H groups in total. The second-order valence-electron chi connectivity index (χ2n) is 9.17. The molecule has 1 fully saturated rings. The summed E-state index contributed by atoms with van der Waals surface area (Å²) >= 11 is 1.49. The number of hydrogen-bond donors (Lipinski definition) is 0. The van der Waals surface area contributed by atoms with Gasteiger partial charge < -0.3 is 24.0 Å². The zero-order chi connectivity index (χ0) is 27.9. The summed E-state index contributed by atoms with van der Waals surface area (Å²) in [4.78, 5) is 27.9. The molecule has 0 aliphatic carbocycles. The molecule has 0 unspecified atom stereocenters. The van der Waals surface area contributed by atoms with Crippen molar-refractivity contribution in [3.8, 4) is 28.4 Å². The Labute approximate surface area is 218 Å². The van der Waals surface area contributed by atoms with Crippen LogP contribution >= 0.6 is 11.3 Å². The molecule has 4 heterocycles. The predicted molar refractivity (Wildman–Crippen MR) is 136 cm³/mol. The Morgan fingerprint density at radius 2 is 2.22 bits per heavy atom. The van der Waals surface area contributed by atoms with E-state index in [2.05, 4.69) is 18.9 Å². The van der Waals surface area contributed by atoms with Crippen molar-refractivity contribution in [3.05, 3.63) is 45.8 Å². The number of fused-ring (bicyclic) bond motifs is 3. The number of rotatable bonds is 8. The van der Waals surface area contributed by atoms with Crippen molar-refractivity contribution in [1.82, 2.24) is 19.6 Å². The van der Waals surface area contributed by atoms with Crippen LogP contribution in [0.2, 0.25) is 0 Å². The van der Waals surface area contributed by atoms with Gasteiger partial charge in [0, 0.05) is 46.8 Å². The SMILES string of the molecule is [2H]C([2H])([2H])N(CCN1CCOC1=O)C(=O)c1nn(-c2ccsc2)c2c1COc1cc(OC)c(CC(C)C)cc1-2. The second kappa shape index (κ2) is 9.85. The molecule has 2 amide bonds. The predicted octanol–water partition coefficient (Wildman–Crippen LogP) is 4.22. The van der Waals surface area contributed by atoms with Gasteiger partial charge in [0.25, 0.3) is 5.91 Å². The van der Waals surface area contributed by atoms with Crippen molar-refractivity contribution in [3.63, 3.8) is 0 Å². The number of thiophene rings is 1. The third-order valence-electron chi connectivity index (χ3n) is 6.26. The zero-order valence-corrected chi connectivity index (χ0v) is 21.3. The quantitative estimate of drug-likeness (QED) is 0.448. The second-order valence-corrected chi connectivity index (χ2v) is 9.95. The third kappa shape index (κ3) is 4.41. The molecule has 190 valence electrons. The van der Waals surface area contributed by atoms with E-state index in [1.165, 1.54) is 16.2 Å². The number of amides is 2. The Kier molecular flexibility index (Phi) is 5.65. The van der Waals surface area contributed by atoms with Crippen molar-refractivity contribution < 1.29 is 27.9 Å². The minimum Gasteiger partial charge on any atom is -0.496 e. The van der Waals surface area contributed by atoms with E-state index >= 15 is 0 Å². The van der Waals surface area contributed by atoms with Crippen LogP contribution in [-0.4, -0.2) is 71.9 Å². The highest BCUT2D eigenvalue weighted by Gasteiger charge is 2.33. The monoisotopic (exact) mass is 513 g/mol. The van der Waals surface area contributed by atoms with E-state index in [1.54, 1.807) is 11.8 Å². The zero-order valence-electron chi connectivity index (χ0n) is 23.4. The summed E-state index contributed by atoms with van der Waals surface area (Å²) in [6.45, 7) is 1.96. The highest BCUT2D eigenvalue weighted by Crippen LogP contribution is 2.44. The minimum atomic E-state index is -2.75. The molecule has 0 spiro atoms. The molecule has 1 saturated heterocycles. The van der Waals surface area contributed by atoms with Crippen molar-refractivity contribution in [1.29, 1.82) is 0 Å². The number of benzene rings is 1. The van der Waals surface area contributed by atoms with Crippen LogP contribution in [0, 0.1) is 5.92 Å². The van der Waals surface area contributed by atoms with E-state index in [0.29, 0.717) is 29.5 Å². The first-order valence-corrected chi connectivity index (χ1v) is 12.7. The molecule has 2 aliphatic rings. The minimum absolute atomic E-state index is 0.00296. The van der Waals surface area contributed by atoms with Crippen LogP contribution in [0.4, 0.5) is 4.79 Å². The molecule has 0 radical (unpaired) electrons. The Bertz CT molecular complexity index is 1390. The summed E-state index contributed by atoms with van der Waals surface area (Å²) < 4.78 is 42.5. The fourth-order valence-electron chi connectivity index (χ4n) is 4.53. The first-order valence-electron chi connectivity index (χ1n) is 13.3. The van der Waals surface area contributed by atoms with Crippen LogP contribution in [-0.2, 0) is 17.8 Å². The van der Waals surface area contributed by atoms with E-state index in [4.69, 9.17) is 18.3 Å². The molecule has 0 saturated carbocycles. The lowest BCUT2D eigenvalue weighted by Crippen LogP contribution is -2.37. The Morgan fingerprint density at radius 3 is 2.89 bits per heavy atom. The van der Waals surface area contributed by atoms with Gasteiger partial charge in [-0.05, 0) is 35.4 Å². The number of nitrogens with zero attached hydrogens (tertiary/aromatic N) is 4. The fraction of sp³-hybridized carbons (Fsp3) is 0.423. The van der Waals surface area contributed by atoms with Crippen molar-refractivity contribution in [2.45, 2.75) is 26.9 Å². The van der Waals surface area contributed by atoms with Gasteiger partial charge in [-0.2, -0.15) is 16.4 Å². The van der Waals surface area contributed by atoms with Crippen molar-refractivity contribution in [2.75, 3.05) is 40.3 Å². The Morgan fingerprint density at radius 1 is 1.36 bits per heavy atom. The number of carbonyl (C=O) groups excluding carboxylic acids is 2. The number of carbonyl (C=O) groups is 2. The third-order valence-corrected chi connectivity index (χ3v) is 6.93. The molecular formula is C26H30N4O5S. The Hall–Kier alpha value is -3.53. The van der Waals surface area contributed by atoms with Crippen LogP contribution in [0.25, 0.3) is 16.9 Å². The summed E-state index contributed by atoms with van der Waals surface area (Å²) in [5.41, 5.74) is 3.70. The molecule has 3 aromatic rings. The number of methoxy groups -OCH3 is 1. The molecular weight excluding hydrogens is 480 g/mol. The Balaban J connectivity index is 1.60. The normalized spacial score (nSPS) is 15.9. The van der Waals surface area contributed by atoms with Gasteiger partial charge in [0.05, 0.1) is 25.0 Å². The molecule has 5 rings (SSSR count). The van der Waals surface area contributed by atoms with Crippen molar-refractivity contribution in [2.24, 2.45) is 5.92 Å². The molecule has 2 aromatic heterocycles. The van der Waals surface area contributed by atoms with Gasteiger partial charge in [-0.25, -0.2) is 9.48 Å². The lowest BCUT2D eigenvalue weighted by molar-refractivity contribution is 0.0773. The van der Waals surface area contributed by atoms with Crippen LogP contribution < -0.4 is 9.47 Å². The highest BCUT2D eigenvalue weighted by atomic mass is 32.1. The molecule has 9 nitrogen and oxygen atoms in total. The lowest BCUT2D eigenvalue weighted by atomic mass is 9.95. The standard InChI is InChI=1S/C26H30N4O5S/c1-16(2)11-17-12-19-22(13-21(17)33-4)35-14-20-23(27-30(24(19)20)18-5-10-36-15-18)25(31)28(3)6-7-29-8-9-34-26(29)32/h5,10,12-13,15-16H,6-9,11,14H2,1-4H3/i3D3. The average Bonchev–Trinajstić information content (AvgIpc) is 3.62. The number of ether oxygens (including phenoxy) is 3. The molecule has 0 atom stereocenters. The smallest absolute Gasteiger partial charge is 0.409 e. The topological polar surface area (TPSA) is 86.1 Å². The van der Waals surface area contributed by atoms with Crippen LogP contribution in [0.5, 0.6) is 11.5 Å². The lowest BCUT2D eigenvalue weighted by Gasteiger charge is -2.23. The van der Waals surface area contributed by atoms with Gasteiger partial charge in [0.2, 0.25) is 0 Å². The van der Waals surface area contributed by atoms with E-state index < -0.39 is 19.0 Å². The van der Waals surface area contributed by atoms with Gasteiger partial charge in [-0.3, -0.25) is 4.79 Å². The molecule has 2 aliphatic heterocycles. The maximum atomic E-state index is 13.8. The summed E-state index contributed by atoms with van der Waals surface area (Å²) in [6.07, 6.45) is 0.250. The molecule has 0 bridgehead atoms. The van der Waals surface area contributed by atoms with Crippen LogP contribution in [0.3, 0.4) is 0 Å². The van der Waals surface area contributed by atoms with E-state index in [-0.39, 0.29) is 32.0 Å². The molecule has 1 aromatic carbocycles. The van der Waals surface area contributed by atoms with E-state index in [0.717, 1.165) is 33.9 Å². The maximum Gasteiger partial charge on any atom is 0.409 e. The average molecular weight is 514 g/mol. The first kappa shape index (κ1) is 20.6. The van der Waals surface area contributed by atoms with E-state index in [1.807, 2.05) is 29.0 Å². The van der Waals surface area contributed by atoms with Gasteiger partial charge in [-0.15, -0.1) is 0 Å². The fourth-order valence-corrected chi connectivity index (χ4v) is 5.14. The summed E-state index contributed by atoms with van der Waals surface area (Å²) in [5, 5.41) is 8.48. The first-order chi connectivity index (χ1) is 18.6. The molecule has 36 heavy (non-hydrogen) atoms. The van der Waals surface area contributed by atoms with Gasteiger partial charge in [-0.1, -0.05) is 13.8 Å². The summed E-state index contributed by atoms with van der Waals surface area (Å²) in [6, 6.07) is 5.75. The van der Waals surface area contributed by atoms with E-state index in [9.17, 15) is 9.59 Å². The van der Waals surface area contributed by atoms with Gasteiger partial charge in [0.15, 0.2) is 5.69 Å². The highest BCUT2D eigenvalue weighted by molar-refractivity contribution is 7.08.